The topological polar surface area (TPSA) is 97.2 Å². The first-order valence-corrected chi connectivity index (χ1v) is 6.17. The predicted molar refractivity (Wildman–Crippen MR) is 72.7 cm³/mol. The molecule has 0 atom stereocenters. The third-order valence-electron chi connectivity index (χ3n) is 2.38. The van der Waals surface area contributed by atoms with Gasteiger partial charge in [0.1, 0.15) is 5.69 Å². The minimum atomic E-state index is -0.536. The van der Waals surface area contributed by atoms with E-state index in [9.17, 15) is 14.9 Å². The van der Waals surface area contributed by atoms with Gasteiger partial charge < -0.3 is 5.32 Å². The summed E-state index contributed by atoms with van der Waals surface area (Å²) < 4.78 is 0. The molecule has 0 radical (unpaired) electrons. The molecule has 0 aliphatic heterocycles. The highest BCUT2D eigenvalue weighted by Crippen LogP contribution is 2.25. The van der Waals surface area contributed by atoms with Crippen molar-refractivity contribution in [2.24, 2.45) is 0 Å². The Bertz CT molecular complexity index is 612. The van der Waals surface area contributed by atoms with Gasteiger partial charge in [0, 0.05) is 30.3 Å². The molecule has 0 saturated heterocycles. The van der Waals surface area contributed by atoms with Gasteiger partial charge in [-0.3, -0.25) is 20.2 Å². The smallest absolute Gasteiger partial charge is 0.293 e. The van der Waals surface area contributed by atoms with E-state index in [1.807, 2.05) is 0 Å². The van der Waals surface area contributed by atoms with Gasteiger partial charge in [0.2, 0.25) is 0 Å². The highest BCUT2D eigenvalue weighted by atomic mass is 32.1. The number of hydrogen-bond donors (Lipinski definition) is 2. The van der Waals surface area contributed by atoms with Crippen molar-refractivity contribution < 1.29 is 9.72 Å². The number of benzene rings is 1. The van der Waals surface area contributed by atoms with Crippen molar-refractivity contribution in [2.75, 3.05) is 17.7 Å². The number of nitrogens with zero attached hydrogens (tertiary/aromatic N) is 2. The molecule has 1 aromatic carbocycles. The third kappa shape index (κ3) is 2.86. The molecule has 19 heavy (non-hydrogen) atoms. The van der Waals surface area contributed by atoms with Crippen LogP contribution in [0, 0.1) is 10.1 Å². The van der Waals surface area contributed by atoms with Crippen molar-refractivity contribution in [3.63, 3.8) is 0 Å². The van der Waals surface area contributed by atoms with Crippen molar-refractivity contribution >= 4 is 33.8 Å². The van der Waals surface area contributed by atoms with Crippen LogP contribution in [0.5, 0.6) is 0 Å². The summed E-state index contributed by atoms with van der Waals surface area (Å²) in [5.74, 6) is -0.430. The highest BCUT2D eigenvalue weighted by Gasteiger charge is 2.17. The standard InChI is InChI=1S/C11H10N4O3S/c1-12-8-3-2-7(6-9(8)15(17)18)10(16)14-11-13-4-5-19-11/h2-6,12H,1H3,(H,13,14,16). The first-order chi connectivity index (χ1) is 9.11. The maximum Gasteiger partial charge on any atom is 0.293 e. The maximum absolute atomic E-state index is 11.9. The van der Waals surface area contributed by atoms with Gasteiger partial charge in [0.25, 0.3) is 11.6 Å². The van der Waals surface area contributed by atoms with Crippen LogP contribution in [-0.2, 0) is 0 Å². The Labute approximate surface area is 112 Å². The lowest BCUT2D eigenvalue weighted by atomic mass is 10.1. The number of aromatic nitrogens is 1. The number of thiazole rings is 1. The van der Waals surface area contributed by atoms with Crippen LogP contribution in [0.2, 0.25) is 0 Å². The Balaban J connectivity index is 2.27. The van der Waals surface area contributed by atoms with Crippen molar-refractivity contribution in [1.82, 2.24) is 4.98 Å². The summed E-state index contributed by atoms with van der Waals surface area (Å²) >= 11 is 1.27. The van der Waals surface area contributed by atoms with E-state index < -0.39 is 10.8 Å². The molecule has 2 N–H and O–H groups in total. The third-order valence-corrected chi connectivity index (χ3v) is 3.07. The summed E-state index contributed by atoms with van der Waals surface area (Å²) in [6, 6.07) is 4.24. The zero-order valence-corrected chi connectivity index (χ0v) is 10.7. The molecule has 1 aromatic heterocycles. The van der Waals surface area contributed by atoms with E-state index in [2.05, 4.69) is 15.6 Å². The Morgan fingerprint density at radius 1 is 1.47 bits per heavy atom. The summed E-state index contributed by atoms with van der Waals surface area (Å²) in [5.41, 5.74) is 0.422. The van der Waals surface area contributed by atoms with E-state index in [0.717, 1.165) is 0 Å². The lowest BCUT2D eigenvalue weighted by Gasteiger charge is -2.05. The number of amides is 1. The van der Waals surface area contributed by atoms with Gasteiger partial charge >= 0.3 is 0 Å². The number of hydrogen-bond acceptors (Lipinski definition) is 6. The second-order valence-electron chi connectivity index (χ2n) is 3.53. The quantitative estimate of drug-likeness (QED) is 0.661. The van der Waals surface area contributed by atoms with Gasteiger partial charge in [-0.1, -0.05) is 0 Å². The predicted octanol–water partition coefficient (Wildman–Crippen LogP) is 2.35. The summed E-state index contributed by atoms with van der Waals surface area (Å²) in [6.45, 7) is 0. The number of rotatable bonds is 4. The first kappa shape index (κ1) is 13.0. The lowest BCUT2D eigenvalue weighted by Crippen LogP contribution is -2.12. The van der Waals surface area contributed by atoms with Crippen LogP contribution >= 0.6 is 11.3 Å². The summed E-state index contributed by atoms with van der Waals surface area (Å²) in [5, 5.41) is 18.3. The normalized spacial score (nSPS) is 9.95. The molecule has 1 amide bonds. The molecular formula is C11H10N4O3S. The fourth-order valence-corrected chi connectivity index (χ4v) is 2.01. The van der Waals surface area contributed by atoms with Gasteiger partial charge in [0.05, 0.1) is 4.92 Å². The molecule has 2 aromatic rings. The molecule has 0 saturated carbocycles. The SMILES string of the molecule is CNc1ccc(C(=O)Nc2nccs2)cc1[N+](=O)[O-]. The molecule has 0 spiro atoms. The van der Waals surface area contributed by atoms with E-state index in [0.29, 0.717) is 10.8 Å². The Morgan fingerprint density at radius 2 is 2.26 bits per heavy atom. The fraction of sp³-hybridized carbons (Fsp3) is 0.0909. The zero-order chi connectivity index (χ0) is 13.8. The zero-order valence-electron chi connectivity index (χ0n) is 9.91. The molecule has 1 heterocycles. The van der Waals surface area contributed by atoms with E-state index in [1.54, 1.807) is 18.6 Å². The van der Waals surface area contributed by atoms with Crippen molar-refractivity contribution in [1.29, 1.82) is 0 Å². The van der Waals surface area contributed by atoms with E-state index in [1.165, 1.54) is 29.5 Å². The molecule has 7 nitrogen and oxygen atoms in total. The number of nitrogens with one attached hydrogen (secondary N) is 2. The van der Waals surface area contributed by atoms with Crippen molar-refractivity contribution in [2.45, 2.75) is 0 Å². The minimum Gasteiger partial charge on any atom is -0.383 e. The van der Waals surface area contributed by atoms with Crippen LogP contribution in [0.4, 0.5) is 16.5 Å². The summed E-state index contributed by atoms with van der Waals surface area (Å²) in [7, 11) is 1.58. The molecule has 0 bridgehead atoms. The van der Waals surface area contributed by atoms with Crippen LogP contribution in [0.3, 0.4) is 0 Å². The minimum absolute atomic E-state index is 0.144. The Hall–Kier alpha value is -2.48. The summed E-state index contributed by atoms with van der Waals surface area (Å²) in [4.78, 5) is 26.2. The molecular weight excluding hydrogens is 268 g/mol. The van der Waals surface area contributed by atoms with Crippen molar-refractivity contribution in [3.05, 3.63) is 45.5 Å². The number of carbonyl (C=O) groups excluding carboxylic acids is 1. The lowest BCUT2D eigenvalue weighted by molar-refractivity contribution is -0.384. The van der Waals surface area contributed by atoms with Crippen LogP contribution in [-0.4, -0.2) is 22.9 Å². The van der Waals surface area contributed by atoms with Gasteiger partial charge in [-0.15, -0.1) is 11.3 Å². The van der Waals surface area contributed by atoms with Gasteiger partial charge in [-0.25, -0.2) is 4.98 Å². The van der Waals surface area contributed by atoms with Crippen molar-refractivity contribution in [3.8, 4) is 0 Å². The van der Waals surface area contributed by atoms with Crippen LogP contribution < -0.4 is 10.6 Å². The average Bonchev–Trinajstić information content (AvgIpc) is 2.90. The molecule has 0 unspecified atom stereocenters. The molecule has 0 aliphatic carbocycles. The Kier molecular flexibility index (Phi) is 3.71. The van der Waals surface area contributed by atoms with E-state index >= 15 is 0 Å². The van der Waals surface area contributed by atoms with Crippen LogP contribution in [0.1, 0.15) is 10.4 Å². The first-order valence-electron chi connectivity index (χ1n) is 5.29. The molecule has 0 fully saturated rings. The second-order valence-corrected chi connectivity index (χ2v) is 4.42. The molecule has 98 valence electrons. The molecule has 0 aliphatic rings. The number of nitro groups is 1. The number of nitro benzene ring substituents is 1. The van der Waals surface area contributed by atoms with Gasteiger partial charge in [-0.05, 0) is 12.1 Å². The average molecular weight is 278 g/mol. The van der Waals surface area contributed by atoms with Crippen LogP contribution in [0.15, 0.2) is 29.8 Å². The number of carbonyl (C=O) groups is 1. The van der Waals surface area contributed by atoms with Crippen LogP contribution in [0.25, 0.3) is 0 Å². The largest absolute Gasteiger partial charge is 0.383 e. The fourth-order valence-electron chi connectivity index (χ4n) is 1.49. The van der Waals surface area contributed by atoms with Gasteiger partial charge in [0.15, 0.2) is 5.13 Å². The van der Waals surface area contributed by atoms with E-state index in [-0.39, 0.29) is 11.3 Å². The monoisotopic (exact) mass is 278 g/mol. The van der Waals surface area contributed by atoms with E-state index in [4.69, 9.17) is 0 Å². The Morgan fingerprint density at radius 3 is 2.84 bits per heavy atom. The number of anilines is 2. The second kappa shape index (κ2) is 5.44. The molecule has 2 rings (SSSR count). The molecule has 8 heteroatoms. The summed E-state index contributed by atoms with van der Waals surface area (Å²) in [6.07, 6.45) is 1.56. The maximum atomic E-state index is 11.9. The highest BCUT2D eigenvalue weighted by molar-refractivity contribution is 7.13. The van der Waals surface area contributed by atoms with Gasteiger partial charge in [-0.2, -0.15) is 0 Å².